The van der Waals surface area contributed by atoms with E-state index < -0.39 is 0 Å². The molecule has 0 saturated carbocycles. The molecule has 4 nitrogen and oxygen atoms in total. The lowest BCUT2D eigenvalue weighted by Crippen LogP contribution is -2.30. The van der Waals surface area contributed by atoms with E-state index >= 15 is 0 Å². The van der Waals surface area contributed by atoms with E-state index in [0.29, 0.717) is 17.7 Å². The molecule has 1 aromatic heterocycles. The molecule has 1 heterocycles. The molecule has 0 saturated heterocycles. The Hall–Kier alpha value is -2.66. The minimum atomic E-state index is -0.0380. The second-order valence-corrected chi connectivity index (χ2v) is 8.21. The van der Waals surface area contributed by atoms with Gasteiger partial charge in [-0.3, -0.25) is 9.69 Å². The number of benzene rings is 2. The predicted molar refractivity (Wildman–Crippen MR) is 119 cm³/mol. The Morgan fingerprint density at radius 2 is 1.50 bits per heavy atom. The first kappa shape index (κ1) is 20.1. The van der Waals surface area contributed by atoms with Crippen molar-refractivity contribution in [3.8, 4) is 0 Å². The van der Waals surface area contributed by atoms with E-state index in [4.69, 9.17) is 4.98 Å². The van der Waals surface area contributed by atoms with Gasteiger partial charge >= 0.3 is 0 Å². The molecule has 28 heavy (non-hydrogen) atoms. The number of aromatic nitrogens is 1. The quantitative estimate of drug-likeness (QED) is 0.526. The van der Waals surface area contributed by atoms with Crippen LogP contribution in [0.4, 0.5) is 16.5 Å². The van der Waals surface area contributed by atoms with Crippen LogP contribution >= 0.6 is 11.3 Å². The average Bonchev–Trinajstić information content (AvgIpc) is 3.10. The van der Waals surface area contributed by atoms with E-state index in [0.717, 1.165) is 16.9 Å². The maximum absolute atomic E-state index is 12.3. The van der Waals surface area contributed by atoms with Crippen molar-refractivity contribution < 1.29 is 4.79 Å². The van der Waals surface area contributed by atoms with Crippen LogP contribution in [0.1, 0.15) is 37.6 Å². The molecule has 0 spiro atoms. The normalized spacial score (nSPS) is 10.9. The Morgan fingerprint density at radius 3 is 2.00 bits per heavy atom. The summed E-state index contributed by atoms with van der Waals surface area (Å²) in [5.74, 6) is -0.0380. The molecule has 0 bridgehead atoms. The fourth-order valence-corrected chi connectivity index (χ4v) is 3.95. The van der Waals surface area contributed by atoms with Crippen LogP contribution in [0.3, 0.4) is 0 Å². The number of amides is 1. The fraction of sp³-hybridized carbons (Fsp3) is 0.304. The summed E-state index contributed by atoms with van der Waals surface area (Å²) in [6, 6.07) is 16.9. The first-order chi connectivity index (χ1) is 13.3. The van der Waals surface area contributed by atoms with Crippen molar-refractivity contribution in [2.24, 2.45) is 0 Å². The van der Waals surface area contributed by atoms with Gasteiger partial charge in [0.1, 0.15) is 0 Å². The number of hydrogen-bond acceptors (Lipinski definition) is 4. The van der Waals surface area contributed by atoms with Crippen molar-refractivity contribution in [2.45, 2.75) is 47.2 Å². The van der Waals surface area contributed by atoms with E-state index in [2.05, 4.69) is 49.9 Å². The first-order valence-corrected chi connectivity index (χ1v) is 10.4. The van der Waals surface area contributed by atoms with Gasteiger partial charge in [-0.25, -0.2) is 4.98 Å². The van der Waals surface area contributed by atoms with E-state index in [-0.39, 0.29) is 5.91 Å². The topological polar surface area (TPSA) is 36.4 Å². The van der Waals surface area contributed by atoms with Crippen LogP contribution in [0.2, 0.25) is 0 Å². The lowest BCUT2D eigenvalue weighted by atomic mass is 10.2. The zero-order valence-corrected chi connectivity index (χ0v) is 18.0. The van der Waals surface area contributed by atoms with Crippen LogP contribution in [0.15, 0.2) is 53.9 Å². The van der Waals surface area contributed by atoms with Gasteiger partial charge in [0.15, 0.2) is 5.13 Å². The highest BCUT2D eigenvalue weighted by atomic mass is 32.1. The smallest absolute Gasteiger partial charge is 0.230 e. The number of rotatable bonds is 6. The summed E-state index contributed by atoms with van der Waals surface area (Å²) >= 11 is 1.50. The summed E-state index contributed by atoms with van der Waals surface area (Å²) in [5.41, 5.74) is 5.40. The summed E-state index contributed by atoms with van der Waals surface area (Å²) < 4.78 is 0. The molecular weight excluding hydrogens is 366 g/mol. The standard InChI is InChI=1S/C23H27N3OS/c1-16(2)25(21-10-6-17(3)7-11-21)14-20-15-28-23(24-20)26(19(5)27)22-12-8-18(4)9-13-22/h6-13,15-16H,14H2,1-5H3. The van der Waals surface area contributed by atoms with Crippen LogP contribution in [0.25, 0.3) is 0 Å². The minimum absolute atomic E-state index is 0.0380. The minimum Gasteiger partial charge on any atom is -0.363 e. The van der Waals surface area contributed by atoms with E-state index in [9.17, 15) is 4.79 Å². The Kier molecular flexibility index (Phi) is 6.15. The van der Waals surface area contributed by atoms with Gasteiger partial charge in [-0.05, 0) is 52.0 Å². The van der Waals surface area contributed by atoms with Gasteiger partial charge in [0.25, 0.3) is 0 Å². The second kappa shape index (κ2) is 8.57. The van der Waals surface area contributed by atoms with Crippen molar-refractivity contribution in [1.82, 2.24) is 4.98 Å². The molecule has 146 valence electrons. The number of anilines is 3. The molecule has 5 heteroatoms. The largest absolute Gasteiger partial charge is 0.363 e. The number of aryl methyl sites for hydroxylation is 2. The van der Waals surface area contributed by atoms with Gasteiger partial charge < -0.3 is 4.90 Å². The van der Waals surface area contributed by atoms with E-state index in [1.54, 1.807) is 11.8 Å². The number of hydrogen-bond donors (Lipinski definition) is 0. The molecule has 0 aliphatic heterocycles. The number of carbonyl (C=O) groups is 1. The second-order valence-electron chi connectivity index (χ2n) is 7.37. The zero-order valence-electron chi connectivity index (χ0n) is 17.1. The molecule has 0 aliphatic carbocycles. The van der Waals surface area contributed by atoms with E-state index in [1.165, 1.54) is 22.6 Å². The highest BCUT2D eigenvalue weighted by Crippen LogP contribution is 2.30. The van der Waals surface area contributed by atoms with Crippen molar-refractivity contribution >= 4 is 33.8 Å². The molecular formula is C23H27N3OS. The third-order valence-electron chi connectivity index (χ3n) is 4.66. The van der Waals surface area contributed by atoms with Gasteiger partial charge in [0.05, 0.1) is 17.9 Å². The zero-order chi connectivity index (χ0) is 20.3. The molecule has 2 aromatic carbocycles. The summed E-state index contributed by atoms with van der Waals surface area (Å²) in [7, 11) is 0. The molecule has 1 amide bonds. The molecule has 0 aliphatic rings. The Morgan fingerprint density at radius 1 is 0.964 bits per heavy atom. The third-order valence-corrected chi connectivity index (χ3v) is 5.53. The van der Waals surface area contributed by atoms with Crippen LogP contribution in [0.5, 0.6) is 0 Å². The number of thiazole rings is 1. The van der Waals surface area contributed by atoms with Gasteiger partial charge in [0.2, 0.25) is 5.91 Å². The Balaban J connectivity index is 1.85. The summed E-state index contributed by atoms with van der Waals surface area (Å²) in [4.78, 5) is 21.1. The lowest BCUT2D eigenvalue weighted by molar-refractivity contribution is -0.115. The summed E-state index contributed by atoms with van der Waals surface area (Å²) in [5, 5.41) is 2.75. The first-order valence-electron chi connectivity index (χ1n) is 9.50. The Bertz CT molecular complexity index is 929. The lowest BCUT2D eigenvalue weighted by Gasteiger charge is -2.28. The maximum Gasteiger partial charge on any atom is 0.230 e. The molecule has 3 rings (SSSR count). The summed E-state index contributed by atoms with van der Waals surface area (Å²) in [6.07, 6.45) is 0. The van der Waals surface area contributed by atoms with E-state index in [1.807, 2.05) is 36.6 Å². The average molecular weight is 394 g/mol. The summed E-state index contributed by atoms with van der Waals surface area (Å²) in [6.45, 7) is 10.8. The molecule has 3 aromatic rings. The maximum atomic E-state index is 12.3. The molecule has 0 unspecified atom stereocenters. The van der Waals surface area contributed by atoms with Crippen molar-refractivity contribution in [2.75, 3.05) is 9.80 Å². The SMILES string of the molecule is CC(=O)N(c1ccc(C)cc1)c1nc(CN(c2ccc(C)cc2)C(C)C)cs1. The molecule has 0 N–H and O–H groups in total. The monoisotopic (exact) mass is 393 g/mol. The van der Waals surface area contributed by atoms with Gasteiger partial charge in [-0.15, -0.1) is 11.3 Å². The molecule has 0 radical (unpaired) electrons. The van der Waals surface area contributed by atoms with Crippen molar-refractivity contribution in [1.29, 1.82) is 0 Å². The fourth-order valence-electron chi connectivity index (χ4n) is 3.08. The van der Waals surface area contributed by atoms with Gasteiger partial charge in [-0.1, -0.05) is 35.4 Å². The Labute approximate surface area is 171 Å². The van der Waals surface area contributed by atoms with Gasteiger partial charge in [0, 0.05) is 24.0 Å². The highest BCUT2D eigenvalue weighted by Gasteiger charge is 2.19. The molecule has 0 atom stereocenters. The number of carbonyl (C=O) groups excluding carboxylic acids is 1. The molecule has 0 fully saturated rings. The van der Waals surface area contributed by atoms with Crippen LogP contribution < -0.4 is 9.80 Å². The highest BCUT2D eigenvalue weighted by molar-refractivity contribution is 7.14. The van der Waals surface area contributed by atoms with Crippen molar-refractivity contribution in [3.63, 3.8) is 0 Å². The predicted octanol–water partition coefficient (Wildman–Crippen LogP) is 5.86. The third kappa shape index (κ3) is 4.60. The number of nitrogens with zero attached hydrogens (tertiary/aromatic N) is 3. The van der Waals surface area contributed by atoms with Crippen LogP contribution in [-0.4, -0.2) is 16.9 Å². The van der Waals surface area contributed by atoms with Crippen LogP contribution in [0, 0.1) is 13.8 Å². The van der Waals surface area contributed by atoms with Crippen LogP contribution in [-0.2, 0) is 11.3 Å². The van der Waals surface area contributed by atoms with Crippen molar-refractivity contribution in [3.05, 3.63) is 70.7 Å². The van der Waals surface area contributed by atoms with Gasteiger partial charge in [-0.2, -0.15) is 0 Å².